The van der Waals surface area contributed by atoms with Crippen molar-refractivity contribution in [1.29, 1.82) is 0 Å². The number of alkyl halides is 3. The molecule has 0 aliphatic carbocycles. The lowest BCUT2D eigenvalue weighted by Crippen LogP contribution is -2.37. The number of nitrogens with zero attached hydrogens (tertiary/aromatic N) is 1. The number of likely N-dealkylation sites (tertiary alicyclic amines) is 1. The first kappa shape index (κ1) is 18.0. The summed E-state index contributed by atoms with van der Waals surface area (Å²) in [4.78, 5) is 2.12. The van der Waals surface area contributed by atoms with Gasteiger partial charge in [-0.2, -0.15) is 0 Å². The van der Waals surface area contributed by atoms with E-state index in [0.717, 1.165) is 25.9 Å². The highest BCUT2D eigenvalue weighted by atomic mass is 19.4. The molecule has 1 heterocycles. The predicted molar refractivity (Wildman–Crippen MR) is 79.3 cm³/mol. The fourth-order valence-electron chi connectivity index (χ4n) is 2.63. The largest absolute Gasteiger partial charge is 0.573 e. The molecule has 23 heavy (non-hydrogen) atoms. The van der Waals surface area contributed by atoms with E-state index >= 15 is 0 Å². The molecule has 130 valence electrons. The van der Waals surface area contributed by atoms with Gasteiger partial charge in [0.25, 0.3) is 0 Å². The second kappa shape index (κ2) is 8.52. The summed E-state index contributed by atoms with van der Waals surface area (Å²) in [5.41, 5.74) is 0.545. The molecule has 0 amide bonds. The van der Waals surface area contributed by atoms with Gasteiger partial charge in [-0.15, -0.1) is 13.2 Å². The number of hydrogen-bond acceptors (Lipinski definition) is 4. The van der Waals surface area contributed by atoms with Gasteiger partial charge in [-0.05, 0) is 18.9 Å². The molecule has 0 atom stereocenters. The maximum atomic E-state index is 12.4. The molecule has 0 aromatic heterocycles. The van der Waals surface area contributed by atoms with Crippen LogP contribution in [-0.4, -0.2) is 50.8 Å². The van der Waals surface area contributed by atoms with Crippen LogP contribution in [0, 0.1) is 0 Å². The van der Waals surface area contributed by atoms with Crippen molar-refractivity contribution in [2.45, 2.75) is 31.9 Å². The van der Waals surface area contributed by atoms with Crippen LogP contribution in [0.25, 0.3) is 0 Å². The van der Waals surface area contributed by atoms with E-state index in [1.165, 1.54) is 6.07 Å². The van der Waals surface area contributed by atoms with Gasteiger partial charge in [0.15, 0.2) is 0 Å². The molecule has 0 N–H and O–H groups in total. The first-order chi connectivity index (χ1) is 11.0. The zero-order valence-corrected chi connectivity index (χ0v) is 13.1. The minimum Gasteiger partial charge on any atom is -0.405 e. The van der Waals surface area contributed by atoms with Crippen LogP contribution >= 0.6 is 0 Å². The number of ether oxygens (including phenoxy) is 3. The van der Waals surface area contributed by atoms with Gasteiger partial charge in [-0.1, -0.05) is 18.2 Å². The first-order valence-corrected chi connectivity index (χ1v) is 7.64. The Kier molecular flexibility index (Phi) is 6.68. The number of para-hydroxylation sites is 1. The average Bonchev–Trinajstić information content (AvgIpc) is 2.50. The summed E-state index contributed by atoms with van der Waals surface area (Å²) in [5.74, 6) is -0.126. The molecule has 1 aromatic rings. The van der Waals surface area contributed by atoms with Crippen molar-refractivity contribution in [3.05, 3.63) is 29.8 Å². The molecule has 1 aliphatic rings. The van der Waals surface area contributed by atoms with E-state index in [-0.39, 0.29) is 11.9 Å². The Morgan fingerprint density at radius 1 is 1.13 bits per heavy atom. The Bertz CT molecular complexity index is 474. The smallest absolute Gasteiger partial charge is 0.405 e. The van der Waals surface area contributed by atoms with Crippen LogP contribution < -0.4 is 4.74 Å². The number of piperidine rings is 1. The Labute approximate surface area is 134 Å². The molecule has 0 saturated carbocycles. The molecule has 4 nitrogen and oxygen atoms in total. The maximum Gasteiger partial charge on any atom is 0.573 e. The third-order valence-corrected chi connectivity index (χ3v) is 3.77. The minimum atomic E-state index is -4.67. The lowest BCUT2D eigenvalue weighted by Gasteiger charge is -2.32. The molecule has 0 spiro atoms. The van der Waals surface area contributed by atoms with Gasteiger partial charge in [0.05, 0.1) is 19.3 Å². The van der Waals surface area contributed by atoms with E-state index in [9.17, 15) is 13.2 Å². The molecule has 7 heteroatoms. The SMILES string of the molecule is COCCOC1CCN(Cc2ccccc2OC(F)(F)F)CC1. The fraction of sp³-hybridized carbons (Fsp3) is 0.625. The number of methoxy groups -OCH3 is 1. The number of hydrogen-bond donors (Lipinski definition) is 0. The number of rotatable bonds is 7. The van der Waals surface area contributed by atoms with Crippen LogP contribution in [-0.2, 0) is 16.0 Å². The van der Waals surface area contributed by atoms with Crippen LogP contribution in [0.5, 0.6) is 5.75 Å². The third-order valence-electron chi connectivity index (χ3n) is 3.77. The molecular formula is C16H22F3NO3. The van der Waals surface area contributed by atoms with Crippen molar-refractivity contribution in [2.24, 2.45) is 0 Å². The second-order valence-corrected chi connectivity index (χ2v) is 5.49. The zero-order chi connectivity index (χ0) is 16.7. The van der Waals surface area contributed by atoms with E-state index < -0.39 is 6.36 Å². The van der Waals surface area contributed by atoms with E-state index in [2.05, 4.69) is 9.64 Å². The van der Waals surface area contributed by atoms with Crippen molar-refractivity contribution in [2.75, 3.05) is 33.4 Å². The van der Waals surface area contributed by atoms with E-state index in [0.29, 0.717) is 25.3 Å². The summed E-state index contributed by atoms with van der Waals surface area (Å²) in [7, 11) is 1.63. The molecule has 2 rings (SSSR count). The molecule has 0 unspecified atom stereocenters. The summed E-state index contributed by atoms with van der Waals surface area (Å²) < 4.78 is 52.0. The summed E-state index contributed by atoms with van der Waals surface area (Å²) in [5, 5.41) is 0. The molecule has 1 saturated heterocycles. The van der Waals surface area contributed by atoms with Gasteiger partial charge in [-0.25, -0.2) is 0 Å². The summed E-state index contributed by atoms with van der Waals surface area (Å²) in [6.07, 6.45) is -2.74. The topological polar surface area (TPSA) is 30.9 Å². The second-order valence-electron chi connectivity index (χ2n) is 5.49. The average molecular weight is 333 g/mol. The predicted octanol–water partition coefficient (Wildman–Crippen LogP) is 3.21. The highest BCUT2D eigenvalue weighted by Gasteiger charge is 2.32. The Morgan fingerprint density at radius 2 is 1.83 bits per heavy atom. The van der Waals surface area contributed by atoms with Crippen molar-refractivity contribution >= 4 is 0 Å². The van der Waals surface area contributed by atoms with Crippen molar-refractivity contribution in [3.8, 4) is 5.75 Å². The minimum absolute atomic E-state index is 0.126. The van der Waals surface area contributed by atoms with Gasteiger partial charge in [0.1, 0.15) is 5.75 Å². The summed E-state index contributed by atoms with van der Waals surface area (Å²) in [6.45, 7) is 3.17. The van der Waals surface area contributed by atoms with Crippen LogP contribution in [0.15, 0.2) is 24.3 Å². The van der Waals surface area contributed by atoms with Gasteiger partial charge in [0, 0.05) is 32.3 Å². The van der Waals surface area contributed by atoms with E-state index in [1.54, 1.807) is 25.3 Å². The van der Waals surface area contributed by atoms with Crippen LogP contribution in [0.3, 0.4) is 0 Å². The first-order valence-electron chi connectivity index (χ1n) is 7.64. The Balaban J connectivity index is 1.84. The third kappa shape index (κ3) is 6.37. The number of halogens is 3. The quantitative estimate of drug-likeness (QED) is 0.717. The maximum absolute atomic E-state index is 12.4. The highest BCUT2D eigenvalue weighted by Crippen LogP contribution is 2.28. The fourth-order valence-corrected chi connectivity index (χ4v) is 2.63. The van der Waals surface area contributed by atoms with Gasteiger partial charge in [0.2, 0.25) is 0 Å². The Morgan fingerprint density at radius 3 is 2.48 bits per heavy atom. The highest BCUT2D eigenvalue weighted by molar-refractivity contribution is 5.33. The monoisotopic (exact) mass is 333 g/mol. The molecule has 0 radical (unpaired) electrons. The molecular weight excluding hydrogens is 311 g/mol. The van der Waals surface area contributed by atoms with Crippen molar-refractivity contribution in [1.82, 2.24) is 4.90 Å². The lowest BCUT2D eigenvalue weighted by atomic mass is 10.1. The standard InChI is InChI=1S/C16H22F3NO3/c1-21-10-11-22-14-6-8-20(9-7-14)12-13-4-2-3-5-15(13)23-16(17,18)19/h2-5,14H,6-12H2,1H3. The van der Waals surface area contributed by atoms with E-state index in [1.807, 2.05) is 0 Å². The van der Waals surface area contributed by atoms with Crippen LogP contribution in [0.2, 0.25) is 0 Å². The van der Waals surface area contributed by atoms with Gasteiger partial charge < -0.3 is 14.2 Å². The van der Waals surface area contributed by atoms with Crippen LogP contribution in [0.4, 0.5) is 13.2 Å². The summed E-state index contributed by atoms with van der Waals surface area (Å²) in [6, 6.07) is 6.28. The normalized spacial score (nSPS) is 17.4. The molecule has 1 fully saturated rings. The number of benzene rings is 1. The van der Waals surface area contributed by atoms with Gasteiger partial charge >= 0.3 is 6.36 Å². The van der Waals surface area contributed by atoms with Gasteiger partial charge in [-0.3, -0.25) is 4.90 Å². The lowest BCUT2D eigenvalue weighted by molar-refractivity contribution is -0.275. The molecule has 1 aromatic carbocycles. The Hall–Kier alpha value is -1.31. The summed E-state index contributed by atoms with van der Waals surface area (Å²) >= 11 is 0. The van der Waals surface area contributed by atoms with E-state index in [4.69, 9.17) is 9.47 Å². The zero-order valence-electron chi connectivity index (χ0n) is 13.1. The molecule has 0 bridgehead atoms. The molecule has 1 aliphatic heterocycles. The van der Waals surface area contributed by atoms with Crippen molar-refractivity contribution < 1.29 is 27.4 Å². The van der Waals surface area contributed by atoms with Crippen molar-refractivity contribution in [3.63, 3.8) is 0 Å². The van der Waals surface area contributed by atoms with Crippen LogP contribution in [0.1, 0.15) is 18.4 Å².